The fraction of sp³-hybridized carbons (Fsp3) is 0.0909. The van der Waals surface area contributed by atoms with Crippen molar-refractivity contribution in [1.82, 2.24) is 10.9 Å². The van der Waals surface area contributed by atoms with Gasteiger partial charge < -0.3 is 9.84 Å². The Labute approximate surface area is 185 Å². The Balaban J connectivity index is 1.79. The highest BCUT2D eigenvalue weighted by Crippen LogP contribution is 2.27. The maximum atomic E-state index is 13.0. The summed E-state index contributed by atoms with van der Waals surface area (Å²) in [4.78, 5) is 24.5. The molecule has 0 aromatic heterocycles. The summed E-state index contributed by atoms with van der Waals surface area (Å²) in [5, 5.41) is 9.72. The highest BCUT2D eigenvalue weighted by atomic mass is 32.2. The van der Waals surface area contributed by atoms with Crippen molar-refractivity contribution in [2.24, 2.45) is 0 Å². The zero-order valence-electron chi connectivity index (χ0n) is 17.2. The molecule has 3 rings (SSSR count). The molecular formula is C22H21N3O6S. The van der Waals surface area contributed by atoms with E-state index in [1.54, 1.807) is 43.3 Å². The van der Waals surface area contributed by atoms with Crippen molar-refractivity contribution in [2.75, 3.05) is 11.8 Å². The highest BCUT2D eigenvalue weighted by molar-refractivity contribution is 7.92. The van der Waals surface area contributed by atoms with Gasteiger partial charge in [-0.1, -0.05) is 30.3 Å². The number of amides is 2. The maximum absolute atomic E-state index is 13.0. The topological polar surface area (TPSA) is 134 Å². The number of methoxy groups -OCH3 is 1. The van der Waals surface area contributed by atoms with Gasteiger partial charge in [-0.25, -0.2) is 8.42 Å². The number of anilines is 1. The monoisotopic (exact) mass is 455 g/mol. The lowest BCUT2D eigenvalue weighted by Gasteiger charge is -2.14. The maximum Gasteiger partial charge on any atom is 0.273 e. The molecule has 0 fully saturated rings. The average Bonchev–Trinajstić information content (AvgIpc) is 2.77. The van der Waals surface area contributed by atoms with Gasteiger partial charge in [-0.2, -0.15) is 0 Å². The van der Waals surface area contributed by atoms with Crippen LogP contribution in [0.5, 0.6) is 11.5 Å². The molecule has 4 N–H and O–H groups in total. The van der Waals surface area contributed by atoms with Crippen LogP contribution in [0.1, 0.15) is 26.3 Å². The van der Waals surface area contributed by atoms with Crippen molar-refractivity contribution in [1.29, 1.82) is 0 Å². The quantitative estimate of drug-likeness (QED) is 0.422. The normalized spacial score (nSPS) is 10.8. The summed E-state index contributed by atoms with van der Waals surface area (Å²) in [7, 11) is -2.62. The molecule has 166 valence electrons. The lowest BCUT2D eigenvalue weighted by atomic mass is 10.1. The molecule has 0 aliphatic heterocycles. The zero-order chi connectivity index (χ0) is 23.3. The van der Waals surface area contributed by atoms with Crippen LogP contribution in [-0.4, -0.2) is 32.4 Å². The first-order chi connectivity index (χ1) is 15.2. The number of phenols is 1. The number of nitrogens with one attached hydrogen (secondary N) is 3. The fourth-order valence-electron chi connectivity index (χ4n) is 2.88. The van der Waals surface area contributed by atoms with E-state index in [0.717, 1.165) is 0 Å². The van der Waals surface area contributed by atoms with Crippen LogP contribution < -0.4 is 20.3 Å². The second kappa shape index (κ2) is 9.40. The molecule has 10 heteroatoms. The molecule has 0 saturated carbocycles. The highest BCUT2D eigenvalue weighted by Gasteiger charge is 2.21. The first-order valence-corrected chi connectivity index (χ1v) is 10.9. The van der Waals surface area contributed by atoms with Gasteiger partial charge in [0.2, 0.25) is 0 Å². The first kappa shape index (κ1) is 22.6. The van der Waals surface area contributed by atoms with E-state index in [4.69, 9.17) is 4.74 Å². The van der Waals surface area contributed by atoms with E-state index in [2.05, 4.69) is 15.6 Å². The Kier molecular flexibility index (Phi) is 6.64. The van der Waals surface area contributed by atoms with Crippen LogP contribution in [0.4, 0.5) is 5.69 Å². The van der Waals surface area contributed by atoms with Gasteiger partial charge in [0.1, 0.15) is 11.5 Å². The number of para-hydroxylation sites is 3. The molecule has 0 aliphatic carbocycles. The van der Waals surface area contributed by atoms with Gasteiger partial charge >= 0.3 is 0 Å². The van der Waals surface area contributed by atoms with E-state index >= 15 is 0 Å². The predicted octanol–water partition coefficient (Wildman–Crippen LogP) is 2.58. The molecule has 2 amide bonds. The summed E-state index contributed by atoms with van der Waals surface area (Å²) in [6, 6.07) is 16.5. The fourth-order valence-corrected chi connectivity index (χ4v) is 4.22. The number of hydrazine groups is 1. The molecule has 0 radical (unpaired) electrons. The van der Waals surface area contributed by atoms with E-state index in [1.165, 1.54) is 37.4 Å². The Bertz CT molecular complexity index is 1270. The minimum Gasteiger partial charge on any atom is -0.507 e. The van der Waals surface area contributed by atoms with Gasteiger partial charge in [-0.15, -0.1) is 0 Å². The number of aromatic hydroxyl groups is 1. The molecule has 0 aliphatic rings. The van der Waals surface area contributed by atoms with Gasteiger partial charge in [0.15, 0.2) is 0 Å². The number of sulfonamides is 1. The summed E-state index contributed by atoms with van der Waals surface area (Å²) in [6.45, 7) is 1.60. The van der Waals surface area contributed by atoms with Crippen LogP contribution in [0.15, 0.2) is 71.6 Å². The van der Waals surface area contributed by atoms with Gasteiger partial charge in [0.25, 0.3) is 21.8 Å². The van der Waals surface area contributed by atoms with Crippen LogP contribution in [0.25, 0.3) is 0 Å². The standard InChI is InChI=1S/C22H21N3O6S/c1-14-11-12-15(21(27)23-24-22(28)16-7-3-5-9-18(16)26)13-20(14)32(29,30)25-17-8-4-6-10-19(17)31-2/h3-13,25-26H,1-2H3,(H,23,27)(H,24,28). The molecule has 0 heterocycles. The minimum atomic E-state index is -4.04. The van der Waals surface area contributed by atoms with E-state index < -0.39 is 21.8 Å². The SMILES string of the molecule is COc1ccccc1NS(=O)(=O)c1cc(C(=O)NNC(=O)c2ccccc2O)ccc1C. The third kappa shape index (κ3) is 4.98. The second-order valence-corrected chi connectivity index (χ2v) is 8.36. The molecule has 9 nitrogen and oxygen atoms in total. The van der Waals surface area contributed by atoms with E-state index in [9.17, 15) is 23.1 Å². The smallest absolute Gasteiger partial charge is 0.273 e. The zero-order valence-corrected chi connectivity index (χ0v) is 18.1. The van der Waals surface area contributed by atoms with Crippen molar-refractivity contribution >= 4 is 27.5 Å². The van der Waals surface area contributed by atoms with Gasteiger partial charge in [0.05, 0.1) is 23.3 Å². The minimum absolute atomic E-state index is 0.00795. The number of rotatable bonds is 6. The summed E-state index contributed by atoms with van der Waals surface area (Å²) in [5.74, 6) is -1.36. The Morgan fingerprint density at radius 3 is 2.28 bits per heavy atom. The number of phenolic OH excluding ortho intramolecular Hbond substituents is 1. The third-order valence-electron chi connectivity index (χ3n) is 4.53. The Morgan fingerprint density at radius 2 is 1.56 bits per heavy atom. The van der Waals surface area contributed by atoms with Gasteiger partial charge in [-0.05, 0) is 48.9 Å². The molecule has 3 aromatic carbocycles. The number of ether oxygens (including phenoxy) is 1. The van der Waals surface area contributed by atoms with E-state index in [0.29, 0.717) is 11.3 Å². The molecule has 0 spiro atoms. The van der Waals surface area contributed by atoms with Gasteiger partial charge in [-0.3, -0.25) is 25.2 Å². The van der Waals surface area contributed by atoms with E-state index in [-0.39, 0.29) is 27.5 Å². The summed E-state index contributed by atoms with van der Waals surface area (Å²) in [6.07, 6.45) is 0. The molecular weight excluding hydrogens is 434 g/mol. The molecule has 32 heavy (non-hydrogen) atoms. The molecule has 0 unspecified atom stereocenters. The third-order valence-corrected chi connectivity index (χ3v) is 6.04. The van der Waals surface area contributed by atoms with E-state index in [1.807, 2.05) is 0 Å². The number of carbonyl (C=O) groups is 2. The first-order valence-electron chi connectivity index (χ1n) is 9.38. The van der Waals surface area contributed by atoms with Crippen LogP contribution >= 0.6 is 0 Å². The number of hydrogen-bond acceptors (Lipinski definition) is 6. The largest absolute Gasteiger partial charge is 0.507 e. The predicted molar refractivity (Wildman–Crippen MR) is 118 cm³/mol. The van der Waals surface area contributed by atoms with Crippen molar-refractivity contribution in [3.63, 3.8) is 0 Å². The molecule has 0 bridgehead atoms. The summed E-state index contributed by atoms with van der Waals surface area (Å²) >= 11 is 0. The number of hydrogen-bond donors (Lipinski definition) is 4. The lowest BCUT2D eigenvalue weighted by molar-refractivity contribution is 0.0845. The molecule has 3 aromatic rings. The van der Waals surface area contributed by atoms with Crippen LogP contribution in [0, 0.1) is 6.92 Å². The molecule has 0 saturated heterocycles. The van der Waals surface area contributed by atoms with Crippen LogP contribution in [0.3, 0.4) is 0 Å². The number of aryl methyl sites for hydroxylation is 1. The van der Waals surface area contributed by atoms with Gasteiger partial charge in [0, 0.05) is 5.56 Å². The summed E-state index contributed by atoms with van der Waals surface area (Å²) < 4.78 is 33.5. The number of benzene rings is 3. The Hall–Kier alpha value is -4.05. The lowest BCUT2D eigenvalue weighted by Crippen LogP contribution is -2.41. The van der Waals surface area contributed by atoms with Crippen LogP contribution in [-0.2, 0) is 10.0 Å². The van der Waals surface area contributed by atoms with Crippen molar-refractivity contribution in [3.05, 3.63) is 83.4 Å². The number of carbonyl (C=O) groups excluding carboxylic acids is 2. The van der Waals surface area contributed by atoms with Crippen molar-refractivity contribution < 1.29 is 27.9 Å². The van der Waals surface area contributed by atoms with Crippen molar-refractivity contribution in [2.45, 2.75) is 11.8 Å². The van der Waals surface area contributed by atoms with Crippen LogP contribution in [0.2, 0.25) is 0 Å². The Morgan fingerprint density at radius 1 is 0.906 bits per heavy atom. The van der Waals surface area contributed by atoms with Crippen molar-refractivity contribution in [3.8, 4) is 11.5 Å². The second-order valence-electron chi connectivity index (χ2n) is 6.71. The molecule has 0 atom stereocenters. The summed E-state index contributed by atoms with van der Waals surface area (Å²) in [5.41, 5.74) is 5.04. The average molecular weight is 455 g/mol.